The minimum absolute atomic E-state index is 0.191. The largest absolute Gasteiger partial charge is 0.492 e. The number of hydrogen-bond acceptors (Lipinski definition) is 5. The Hall–Kier alpha value is -2.09. The minimum Gasteiger partial charge on any atom is -0.492 e. The second-order valence-electron chi connectivity index (χ2n) is 5.68. The van der Waals surface area contributed by atoms with Crippen LogP contribution in [0.5, 0.6) is 5.75 Å². The van der Waals surface area contributed by atoms with E-state index in [0.29, 0.717) is 25.3 Å². The molecule has 1 aromatic carbocycles. The van der Waals surface area contributed by atoms with Gasteiger partial charge in [-0.1, -0.05) is 18.2 Å². The van der Waals surface area contributed by atoms with Crippen LogP contribution in [0, 0.1) is 0 Å². The van der Waals surface area contributed by atoms with Crippen molar-refractivity contribution in [3.05, 3.63) is 70.8 Å². The van der Waals surface area contributed by atoms with Gasteiger partial charge in [-0.05, 0) is 43.0 Å². The normalized spacial score (nSPS) is 11.8. The molecule has 7 heteroatoms. The van der Waals surface area contributed by atoms with Crippen molar-refractivity contribution >= 4 is 21.4 Å². The summed E-state index contributed by atoms with van der Waals surface area (Å²) < 4.78 is 38.8. The maximum atomic E-state index is 13.3. The summed E-state index contributed by atoms with van der Waals surface area (Å²) in [5, 5.41) is 1.99. The van der Waals surface area contributed by atoms with Gasteiger partial charge in [-0.3, -0.25) is 0 Å². The van der Waals surface area contributed by atoms with E-state index in [2.05, 4.69) is 0 Å². The molecule has 0 spiro atoms. The van der Waals surface area contributed by atoms with Gasteiger partial charge in [0.25, 0.3) is 0 Å². The van der Waals surface area contributed by atoms with Crippen LogP contribution in [0.2, 0.25) is 0 Å². The fourth-order valence-electron chi connectivity index (χ4n) is 2.64. The highest BCUT2D eigenvalue weighted by Crippen LogP contribution is 2.28. The zero-order valence-corrected chi connectivity index (χ0v) is 16.1. The molecule has 0 unspecified atom stereocenters. The number of rotatable bonds is 9. The lowest BCUT2D eigenvalue weighted by Gasteiger charge is -2.23. The first-order valence-corrected chi connectivity index (χ1v) is 10.7. The number of benzene rings is 1. The van der Waals surface area contributed by atoms with Crippen molar-refractivity contribution in [1.29, 1.82) is 0 Å². The predicted octanol–water partition coefficient (Wildman–Crippen LogP) is 4.17. The second kappa shape index (κ2) is 8.53. The number of furan rings is 1. The van der Waals surface area contributed by atoms with Crippen LogP contribution in [-0.2, 0) is 23.0 Å². The zero-order chi connectivity index (χ0) is 18.4. The number of sulfonamides is 1. The maximum Gasteiger partial charge on any atom is 0.247 e. The van der Waals surface area contributed by atoms with E-state index >= 15 is 0 Å². The van der Waals surface area contributed by atoms with Gasteiger partial charge in [0.15, 0.2) is 0 Å². The van der Waals surface area contributed by atoms with E-state index in [4.69, 9.17) is 9.15 Å². The molecule has 2 heterocycles. The van der Waals surface area contributed by atoms with Crippen molar-refractivity contribution in [3.8, 4) is 5.75 Å². The summed E-state index contributed by atoms with van der Waals surface area (Å²) in [6.45, 7) is 2.88. The summed E-state index contributed by atoms with van der Waals surface area (Å²) in [5.41, 5.74) is 0.814. The van der Waals surface area contributed by atoms with Gasteiger partial charge in [0, 0.05) is 23.5 Å². The standard InChI is InChI=1S/C19H21NO4S2/c1-2-24-18-7-3-4-8-19(18)26(21,22)20(14-16-10-12-23-15-16)11-9-17-6-5-13-25-17/h3-8,10,12-13,15H,2,9,11,14H2,1H3. The SMILES string of the molecule is CCOc1ccccc1S(=O)(=O)N(CCc1cccs1)Cc1ccoc1. The van der Waals surface area contributed by atoms with Crippen LogP contribution >= 0.6 is 11.3 Å². The Morgan fingerprint density at radius 2 is 2.00 bits per heavy atom. The Balaban J connectivity index is 1.90. The minimum atomic E-state index is -3.71. The summed E-state index contributed by atoms with van der Waals surface area (Å²) in [6, 6.07) is 12.5. The number of ether oxygens (including phenoxy) is 1. The summed E-state index contributed by atoms with van der Waals surface area (Å²) in [5.74, 6) is 0.378. The molecule has 0 N–H and O–H groups in total. The van der Waals surface area contributed by atoms with E-state index in [9.17, 15) is 8.42 Å². The molecule has 3 rings (SSSR count). The first-order valence-electron chi connectivity index (χ1n) is 8.36. The Kier molecular flexibility index (Phi) is 6.13. The first kappa shape index (κ1) is 18.7. The fourth-order valence-corrected chi connectivity index (χ4v) is 4.90. The predicted molar refractivity (Wildman–Crippen MR) is 102 cm³/mol. The van der Waals surface area contributed by atoms with Gasteiger partial charge in [0.05, 0.1) is 19.1 Å². The molecule has 0 aliphatic rings. The topological polar surface area (TPSA) is 59.8 Å². The molecule has 3 aromatic rings. The summed E-state index contributed by atoms with van der Waals surface area (Å²) in [7, 11) is -3.71. The third-order valence-electron chi connectivity index (χ3n) is 3.89. The van der Waals surface area contributed by atoms with Crippen LogP contribution < -0.4 is 4.74 Å². The van der Waals surface area contributed by atoms with Gasteiger partial charge < -0.3 is 9.15 Å². The van der Waals surface area contributed by atoms with Crippen LogP contribution in [0.4, 0.5) is 0 Å². The monoisotopic (exact) mass is 391 g/mol. The average Bonchev–Trinajstić information content (AvgIpc) is 3.33. The average molecular weight is 392 g/mol. The van der Waals surface area contributed by atoms with Crippen molar-refractivity contribution in [2.75, 3.05) is 13.2 Å². The van der Waals surface area contributed by atoms with Crippen molar-refractivity contribution in [3.63, 3.8) is 0 Å². The van der Waals surface area contributed by atoms with Crippen LogP contribution in [0.25, 0.3) is 0 Å². The van der Waals surface area contributed by atoms with E-state index in [0.717, 1.165) is 10.4 Å². The number of para-hydroxylation sites is 1. The molecule has 0 radical (unpaired) electrons. The quantitative estimate of drug-likeness (QED) is 0.549. The van der Waals surface area contributed by atoms with Crippen LogP contribution in [-0.4, -0.2) is 25.9 Å². The molecule has 2 aromatic heterocycles. The maximum absolute atomic E-state index is 13.3. The molecule has 26 heavy (non-hydrogen) atoms. The summed E-state index contributed by atoms with van der Waals surface area (Å²) >= 11 is 1.63. The van der Waals surface area contributed by atoms with E-state index in [1.807, 2.05) is 24.4 Å². The Morgan fingerprint density at radius 1 is 1.15 bits per heavy atom. The van der Waals surface area contributed by atoms with Gasteiger partial charge >= 0.3 is 0 Å². The molecule has 0 saturated heterocycles. The number of thiophene rings is 1. The number of hydrogen-bond donors (Lipinski definition) is 0. The van der Waals surface area contributed by atoms with Crippen molar-refractivity contribution in [2.24, 2.45) is 0 Å². The summed E-state index contributed by atoms with van der Waals surface area (Å²) in [4.78, 5) is 1.34. The van der Waals surface area contributed by atoms with Gasteiger partial charge in [0.2, 0.25) is 10.0 Å². The molecular weight excluding hydrogens is 370 g/mol. The third-order valence-corrected chi connectivity index (χ3v) is 6.71. The molecule has 138 valence electrons. The Bertz CT molecular complexity index is 903. The number of nitrogens with zero attached hydrogens (tertiary/aromatic N) is 1. The Labute approximate surface area is 157 Å². The molecule has 0 saturated carbocycles. The highest BCUT2D eigenvalue weighted by atomic mass is 32.2. The lowest BCUT2D eigenvalue weighted by Crippen LogP contribution is -2.32. The molecule has 0 atom stereocenters. The lowest BCUT2D eigenvalue weighted by atomic mass is 10.3. The zero-order valence-electron chi connectivity index (χ0n) is 14.5. The van der Waals surface area contributed by atoms with E-state index < -0.39 is 10.0 Å². The lowest BCUT2D eigenvalue weighted by molar-refractivity contribution is 0.328. The molecule has 5 nitrogen and oxygen atoms in total. The third kappa shape index (κ3) is 4.35. The van der Waals surface area contributed by atoms with Crippen LogP contribution in [0.1, 0.15) is 17.4 Å². The van der Waals surface area contributed by atoms with Gasteiger partial charge in [-0.15, -0.1) is 11.3 Å². The molecule has 0 aliphatic heterocycles. The van der Waals surface area contributed by atoms with Crippen LogP contribution in [0.15, 0.2) is 69.7 Å². The van der Waals surface area contributed by atoms with Gasteiger partial charge in [-0.2, -0.15) is 4.31 Å². The molecular formula is C19H21NO4S2. The van der Waals surface area contributed by atoms with E-state index in [1.54, 1.807) is 54.2 Å². The highest BCUT2D eigenvalue weighted by molar-refractivity contribution is 7.89. The fraction of sp³-hybridized carbons (Fsp3) is 0.263. The second-order valence-corrected chi connectivity index (χ2v) is 8.62. The molecule has 0 fully saturated rings. The van der Waals surface area contributed by atoms with E-state index in [1.165, 1.54) is 4.31 Å². The van der Waals surface area contributed by atoms with E-state index in [-0.39, 0.29) is 11.4 Å². The summed E-state index contributed by atoms with van der Waals surface area (Å²) in [6.07, 6.45) is 3.78. The smallest absolute Gasteiger partial charge is 0.247 e. The molecule has 0 bridgehead atoms. The highest BCUT2D eigenvalue weighted by Gasteiger charge is 2.28. The van der Waals surface area contributed by atoms with Crippen molar-refractivity contribution in [2.45, 2.75) is 24.8 Å². The van der Waals surface area contributed by atoms with Gasteiger partial charge in [-0.25, -0.2) is 8.42 Å². The van der Waals surface area contributed by atoms with Crippen molar-refractivity contribution in [1.82, 2.24) is 4.31 Å². The first-order chi connectivity index (χ1) is 12.6. The van der Waals surface area contributed by atoms with Crippen LogP contribution in [0.3, 0.4) is 0 Å². The Morgan fingerprint density at radius 3 is 2.69 bits per heavy atom. The van der Waals surface area contributed by atoms with Gasteiger partial charge in [0.1, 0.15) is 10.6 Å². The van der Waals surface area contributed by atoms with Crippen molar-refractivity contribution < 1.29 is 17.6 Å². The molecule has 0 amide bonds. The molecule has 0 aliphatic carbocycles.